The third-order valence-electron chi connectivity index (χ3n) is 1.12. The number of thioether (sulfide) groups is 1. The van der Waals surface area contributed by atoms with Crippen molar-refractivity contribution in [2.24, 2.45) is 4.99 Å². The van der Waals surface area contributed by atoms with E-state index in [4.69, 9.17) is 0 Å². The third kappa shape index (κ3) is 2.54. The summed E-state index contributed by atoms with van der Waals surface area (Å²) < 4.78 is 0. The van der Waals surface area contributed by atoms with E-state index in [0.717, 1.165) is 0 Å². The molecular weight excluding hydrogens is 178 g/mol. The van der Waals surface area contributed by atoms with Crippen molar-refractivity contribution in [3.8, 4) is 0 Å². The van der Waals surface area contributed by atoms with Gasteiger partial charge in [-0.05, 0) is 6.92 Å². The average Bonchev–Trinajstić information content (AvgIpc) is 2.36. The maximum Gasteiger partial charge on any atom is 0.343 e. The predicted molar refractivity (Wildman–Crippen MR) is 47.1 cm³/mol. The number of amides is 3. The summed E-state index contributed by atoms with van der Waals surface area (Å²) in [6.07, 6.45) is 0. The van der Waals surface area contributed by atoms with Gasteiger partial charge >= 0.3 is 6.03 Å². The van der Waals surface area contributed by atoms with Gasteiger partial charge in [0, 0.05) is 6.54 Å². The van der Waals surface area contributed by atoms with Crippen molar-refractivity contribution in [3.63, 3.8) is 0 Å². The molecule has 1 aliphatic heterocycles. The number of aliphatic imine (C=N–C) groups is 1. The summed E-state index contributed by atoms with van der Waals surface area (Å²) in [6, 6.07) is -0.415. The highest BCUT2D eigenvalue weighted by Gasteiger charge is 2.17. The number of nitrogens with one attached hydrogen (secondary N) is 2. The van der Waals surface area contributed by atoms with Crippen LogP contribution in [-0.4, -0.2) is 29.4 Å². The van der Waals surface area contributed by atoms with Gasteiger partial charge in [0.2, 0.25) is 5.91 Å². The van der Waals surface area contributed by atoms with Crippen molar-refractivity contribution >= 4 is 28.9 Å². The standard InChI is InChI=1S/C6H9N3O2S/c1-2-7-5(11)9-6-8-4(10)3-12-6/h2-3H2,1H3,(H2,7,8,9,10,11). The first-order valence-electron chi connectivity index (χ1n) is 3.51. The summed E-state index contributed by atoms with van der Waals surface area (Å²) in [4.78, 5) is 25.1. The number of urea groups is 1. The van der Waals surface area contributed by atoms with E-state index in [1.807, 2.05) is 0 Å². The Labute approximate surface area is 74.0 Å². The normalized spacial score (nSPS) is 19.4. The van der Waals surface area contributed by atoms with Gasteiger partial charge in [-0.3, -0.25) is 4.79 Å². The lowest BCUT2D eigenvalue weighted by atomic mass is 10.7. The Morgan fingerprint density at radius 3 is 3.08 bits per heavy atom. The average molecular weight is 187 g/mol. The van der Waals surface area contributed by atoms with E-state index < -0.39 is 6.03 Å². The molecule has 0 radical (unpaired) electrons. The molecule has 6 heteroatoms. The topological polar surface area (TPSA) is 70.6 Å². The van der Waals surface area contributed by atoms with Crippen molar-refractivity contribution in [3.05, 3.63) is 0 Å². The van der Waals surface area contributed by atoms with E-state index in [9.17, 15) is 9.59 Å². The van der Waals surface area contributed by atoms with Crippen molar-refractivity contribution < 1.29 is 9.59 Å². The highest BCUT2D eigenvalue weighted by molar-refractivity contribution is 8.15. The summed E-state index contributed by atoms with van der Waals surface area (Å²) in [6.45, 7) is 2.34. The lowest BCUT2D eigenvalue weighted by molar-refractivity contribution is -0.116. The van der Waals surface area contributed by atoms with Crippen molar-refractivity contribution in [2.45, 2.75) is 6.92 Å². The molecule has 1 fully saturated rings. The lowest BCUT2D eigenvalue weighted by Crippen LogP contribution is -2.25. The first-order valence-corrected chi connectivity index (χ1v) is 4.50. The molecule has 0 spiro atoms. The molecule has 1 heterocycles. The minimum Gasteiger partial charge on any atom is -0.336 e. The molecule has 0 aromatic heterocycles. The van der Waals surface area contributed by atoms with Gasteiger partial charge in [-0.15, -0.1) is 0 Å². The van der Waals surface area contributed by atoms with E-state index in [0.29, 0.717) is 17.5 Å². The fraction of sp³-hybridized carbons (Fsp3) is 0.500. The molecule has 66 valence electrons. The molecule has 0 atom stereocenters. The van der Waals surface area contributed by atoms with Crippen LogP contribution in [0.3, 0.4) is 0 Å². The van der Waals surface area contributed by atoms with Crippen molar-refractivity contribution in [1.29, 1.82) is 0 Å². The fourth-order valence-electron chi connectivity index (χ4n) is 0.669. The molecule has 5 nitrogen and oxygen atoms in total. The van der Waals surface area contributed by atoms with E-state index in [1.54, 1.807) is 6.92 Å². The summed E-state index contributed by atoms with van der Waals surface area (Å²) in [5.41, 5.74) is 0. The zero-order valence-corrected chi connectivity index (χ0v) is 7.40. The van der Waals surface area contributed by atoms with Crippen LogP contribution in [0.1, 0.15) is 6.92 Å². The first kappa shape index (κ1) is 9.05. The van der Waals surface area contributed by atoms with Crippen LogP contribution in [0.25, 0.3) is 0 Å². The van der Waals surface area contributed by atoms with Crippen LogP contribution in [0.4, 0.5) is 4.79 Å². The Bertz CT molecular complexity index is 239. The zero-order chi connectivity index (χ0) is 8.97. The van der Waals surface area contributed by atoms with Gasteiger partial charge in [-0.25, -0.2) is 4.79 Å². The van der Waals surface area contributed by atoms with Crippen molar-refractivity contribution in [2.75, 3.05) is 12.3 Å². The third-order valence-corrected chi connectivity index (χ3v) is 1.99. The van der Waals surface area contributed by atoms with Crippen molar-refractivity contribution in [1.82, 2.24) is 10.6 Å². The number of nitrogens with zero attached hydrogens (tertiary/aromatic N) is 1. The first-order chi connectivity index (χ1) is 5.72. The molecule has 1 rings (SSSR count). The summed E-state index contributed by atoms with van der Waals surface area (Å²) in [5, 5.41) is 5.33. The van der Waals surface area contributed by atoms with Crippen LogP contribution in [0.15, 0.2) is 4.99 Å². The lowest BCUT2D eigenvalue weighted by Gasteiger charge is -1.95. The Balaban J connectivity index is 2.46. The molecule has 0 aromatic rings. The SMILES string of the molecule is CCNC(=O)/N=C1/NC(=O)CS1. The largest absolute Gasteiger partial charge is 0.343 e. The quantitative estimate of drug-likeness (QED) is 0.604. The molecule has 1 aliphatic rings. The zero-order valence-electron chi connectivity index (χ0n) is 6.59. The minimum absolute atomic E-state index is 0.108. The number of amidine groups is 1. The molecule has 0 aromatic carbocycles. The van der Waals surface area contributed by atoms with Gasteiger partial charge in [0.15, 0.2) is 5.17 Å². The minimum atomic E-state index is -0.415. The Morgan fingerprint density at radius 1 is 1.83 bits per heavy atom. The number of hydrogen-bond acceptors (Lipinski definition) is 3. The van der Waals surface area contributed by atoms with Crippen LogP contribution < -0.4 is 10.6 Å². The van der Waals surface area contributed by atoms with E-state index >= 15 is 0 Å². The highest BCUT2D eigenvalue weighted by Crippen LogP contribution is 2.08. The van der Waals surface area contributed by atoms with Crippen LogP contribution in [0.2, 0.25) is 0 Å². The molecule has 2 N–H and O–H groups in total. The van der Waals surface area contributed by atoms with Gasteiger partial charge in [0.25, 0.3) is 0 Å². The van der Waals surface area contributed by atoms with Gasteiger partial charge in [0.05, 0.1) is 5.75 Å². The molecule has 0 unspecified atom stereocenters. The number of rotatable bonds is 1. The second-order valence-electron chi connectivity index (χ2n) is 2.09. The van der Waals surface area contributed by atoms with Gasteiger partial charge in [-0.2, -0.15) is 4.99 Å². The number of hydrogen-bond donors (Lipinski definition) is 2. The fourth-order valence-corrected chi connectivity index (χ4v) is 1.34. The van der Waals surface area contributed by atoms with Gasteiger partial charge in [-0.1, -0.05) is 11.8 Å². The van der Waals surface area contributed by atoms with Crippen LogP contribution in [-0.2, 0) is 4.79 Å². The maximum absolute atomic E-state index is 10.8. The Kier molecular flexibility index (Phi) is 3.09. The second-order valence-corrected chi connectivity index (χ2v) is 3.05. The molecule has 0 aliphatic carbocycles. The molecule has 1 saturated heterocycles. The smallest absolute Gasteiger partial charge is 0.336 e. The van der Waals surface area contributed by atoms with E-state index in [-0.39, 0.29) is 5.91 Å². The van der Waals surface area contributed by atoms with Gasteiger partial charge in [0.1, 0.15) is 0 Å². The molecule has 12 heavy (non-hydrogen) atoms. The number of carbonyl (C=O) groups is 2. The highest BCUT2D eigenvalue weighted by atomic mass is 32.2. The summed E-state index contributed by atoms with van der Waals surface area (Å²) >= 11 is 1.23. The van der Waals surface area contributed by atoms with Gasteiger partial charge < -0.3 is 10.6 Å². The number of carbonyl (C=O) groups excluding carboxylic acids is 2. The van der Waals surface area contributed by atoms with Crippen LogP contribution >= 0.6 is 11.8 Å². The molecular formula is C6H9N3O2S. The Hall–Kier alpha value is -1.04. The predicted octanol–water partition coefficient (Wildman–Crippen LogP) is -0.0651. The van der Waals surface area contributed by atoms with Crippen LogP contribution in [0.5, 0.6) is 0 Å². The maximum atomic E-state index is 10.8. The van der Waals surface area contributed by atoms with E-state index in [1.165, 1.54) is 11.8 Å². The Morgan fingerprint density at radius 2 is 2.58 bits per heavy atom. The van der Waals surface area contributed by atoms with E-state index in [2.05, 4.69) is 15.6 Å². The molecule has 3 amide bonds. The molecule has 0 bridgehead atoms. The van der Waals surface area contributed by atoms with Crippen LogP contribution in [0, 0.1) is 0 Å². The summed E-state index contributed by atoms with van der Waals surface area (Å²) in [5.74, 6) is 0.237. The monoisotopic (exact) mass is 187 g/mol. The second kappa shape index (κ2) is 4.10. The molecule has 0 saturated carbocycles. The summed E-state index contributed by atoms with van der Waals surface area (Å²) in [7, 11) is 0.